The Kier molecular flexibility index (Phi) is 6.16. The third-order valence-corrected chi connectivity index (χ3v) is 3.45. The summed E-state index contributed by atoms with van der Waals surface area (Å²) in [6.07, 6.45) is 6.26. The number of carboxylic acids is 1. The number of aliphatic carboxylic acids is 1. The standard InChI is InChI=1S/C14H24O4/c1-10(2)18-14(17)12(9-13(15)16)8-11-6-4-3-5-7-11/h10-12H,3-9H2,1-2H3,(H,15,16). The van der Waals surface area contributed by atoms with Crippen LogP contribution in [0, 0.1) is 11.8 Å². The quantitative estimate of drug-likeness (QED) is 0.742. The molecule has 1 aliphatic rings. The lowest BCUT2D eigenvalue weighted by Gasteiger charge is -2.25. The maximum absolute atomic E-state index is 11.9. The SMILES string of the molecule is CC(C)OC(=O)C(CC(=O)O)CC1CCCCC1. The molecule has 0 heterocycles. The molecule has 1 unspecified atom stereocenters. The van der Waals surface area contributed by atoms with Crippen molar-refractivity contribution < 1.29 is 19.4 Å². The van der Waals surface area contributed by atoms with Gasteiger partial charge >= 0.3 is 11.9 Å². The minimum Gasteiger partial charge on any atom is -0.481 e. The Morgan fingerprint density at radius 3 is 2.33 bits per heavy atom. The van der Waals surface area contributed by atoms with Gasteiger partial charge in [0.1, 0.15) is 0 Å². The monoisotopic (exact) mass is 256 g/mol. The molecule has 0 aromatic heterocycles. The van der Waals surface area contributed by atoms with Crippen molar-refractivity contribution in [2.24, 2.45) is 11.8 Å². The molecule has 4 heteroatoms. The van der Waals surface area contributed by atoms with Gasteiger partial charge in [0.25, 0.3) is 0 Å². The van der Waals surface area contributed by atoms with Crippen molar-refractivity contribution >= 4 is 11.9 Å². The summed E-state index contributed by atoms with van der Waals surface area (Å²) in [5.74, 6) is -1.26. The lowest BCUT2D eigenvalue weighted by molar-refractivity contribution is -0.157. The fourth-order valence-electron chi connectivity index (χ4n) is 2.63. The highest BCUT2D eigenvalue weighted by Gasteiger charge is 2.28. The molecule has 1 rings (SSSR count). The van der Waals surface area contributed by atoms with E-state index in [-0.39, 0.29) is 18.5 Å². The van der Waals surface area contributed by atoms with E-state index < -0.39 is 11.9 Å². The second-order valence-electron chi connectivity index (χ2n) is 5.52. The smallest absolute Gasteiger partial charge is 0.309 e. The van der Waals surface area contributed by atoms with E-state index in [1.54, 1.807) is 13.8 Å². The summed E-state index contributed by atoms with van der Waals surface area (Å²) < 4.78 is 5.15. The van der Waals surface area contributed by atoms with E-state index in [2.05, 4.69) is 0 Å². The van der Waals surface area contributed by atoms with Gasteiger partial charge in [0, 0.05) is 0 Å². The summed E-state index contributed by atoms with van der Waals surface area (Å²) in [5.41, 5.74) is 0. The van der Waals surface area contributed by atoms with Crippen LogP contribution in [-0.4, -0.2) is 23.1 Å². The summed E-state index contributed by atoms with van der Waals surface area (Å²) in [4.78, 5) is 22.7. The average molecular weight is 256 g/mol. The van der Waals surface area contributed by atoms with Gasteiger partial charge in [0.15, 0.2) is 0 Å². The zero-order valence-corrected chi connectivity index (χ0v) is 11.4. The van der Waals surface area contributed by atoms with Gasteiger partial charge in [-0.3, -0.25) is 9.59 Å². The Hall–Kier alpha value is -1.06. The molecule has 0 aromatic carbocycles. The summed E-state index contributed by atoms with van der Waals surface area (Å²) in [6.45, 7) is 3.58. The van der Waals surface area contributed by atoms with E-state index in [1.165, 1.54) is 19.3 Å². The molecule has 0 aliphatic heterocycles. The van der Waals surface area contributed by atoms with Crippen molar-refractivity contribution in [2.45, 2.75) is 64.9 Å². The van der Waals surface area contributed by atoms with Gasteiger partial charge in [-0.05, 0) is 26.2 Å². The Morgan fingerprint density at radius 2 is 1.83 bits per heavy atom. The topological polar surface area (TPSA) is 63.6 Å². The highest BCUT2D eigenvalue weighted by molar-refractivity contribution is 5.79. The number of ether oxygens (including phenoxy) is 1. The zero-order valence-electron chi connectivity index (χ0n) is 11.4. The molecule has 0 radical (unpaired) electrons. The normalized spacial score (nSPS) is 18.6. The third kappa shape index (κ3) is 5.52. The number of hydrogen-bond donors (Lipinski definition) is 1. The molecule has 0 aromatic rings. The van der Waals surface area contributed by atoms with Gasteiger partial charge < -0.3 is 9.84 Å². The van der Waals surface area contributed by atoms with Gasteiger partial charge in [-0.2, -0.15) is 0 Å². The van der Waals surface area contributed by atoms with Crippen LogP contribution >= 0.6 is 0 Å². The van der Waals surface area contributed by atoms with E-state index in [0.717, 1.165) is 12.8 Å². The van der Waals surface area contributed by atoms with Gasteiger partial charge in [-0.15, -0.1) is 0 Å². The van der Waals surface area contributed by atoms with E-state index in [4.69, 9.17) is 9.84 Å². The van der Waals surface area contributed by atoms with Crippen molar-refractivity contribution in [1.82, 2.24) is 0 Å². The first-order valence-corrected chi connectivity index (χ1v) is 6.91. The summed E-state index contributed by atoms with van der Waals surface area (Å²) >= 11 is 0. The van der Waals surface area contributed by atoms with Crippen LogP contribution in [0.5, 0.6) is 0 Å². The third-order valence-electron chi connectivity index (χ3n) is 3.45. The van der Waals surface area contributed by atoms with Crippen LogP contribution in [0.1, 0.15) is 58.8 Å². The second-order valence-corrected chi connectivity index (χ2v) is 5.52. The van der Waals surface area contributed by atoms with Crippen LogP contribution < -0.4 is 0 Å². The Morgan fingerprint density at radius 1 is 1.22 bits per heavy atom. The predicted molar refractivity (Wildman–Crippen MR) is 68.2 cm³/mol. The number of esters is 1. The highest BCUT2D eigenvalue weighted by atomic mass is 16.5. The molecule has 4 nitrogen and oxygen atoms in total. The van der Waals surface area contributed by atoms with Crippen LogP contribution in [0.15, 0.2) is 0 Å². The molecule has 1 N–H and O–H groups in total. The fourth-order valence-corrected chi connectivity index (χ4v) is 2.63. The van der Waals surface area contributed by atoms with E-state index >= 15 is 0 Å². The molecule has 1 saturated carbocycles. The molecule has 0 saturated heterocycles. The first kappa shape index (κ1) is 15.0. The van der Waals surface area contributed by atoms with E-state index in [9.17, 15) is 9.59 Å². The molecule has 0 bridgehead atoms. The lowest BCUT2D eigenvalue weighted by Crippen LogP contribution is -2.26. The second kappa shape index (κ2) is 7.39. The van der Waals surface area contributed by atoms with Gasteiger partial charge in [0.05, 0.1) is 18.4 Å². The van der Waals surface area contributed by atoms with Crippen LogP contribution in [0.25, 0.3) is 0 Å². The molecule has 18 heavy (non-hydrogen) atoms. The Balaban J connectivity index is 2.53. The van der Waals surface area contributed by atoms with Crippen LogP contribution in [0.4, 0.5) is 0 Å². The van der Waals surface area contributed by atoms with Crippen molar-refractivity contribution in [3.8, 4) is 0 Å². The van der Waals surface area contributed by atoms with Crippen molar-refractivity contribution in [3.63, 3.8) is 0 Å². The van der Waals surface area contributed by atoms with Crippen LogP contribution in [0.2, 0.25) is 0 Å². The summed E-state index contributed by atoms with van der Waals surface area (Å²) in [5, 5.41) is 8.89. The van der Waals surface area contributed by atoms with Crippen molar-refractivity contribution in [1.29, 1.82) is 0 Å². The van der Waals surface area contributed by atoms with Crippen LogP contribution in [-0.2, 0) is 14.3 Å². The van der Waals surface area contributed by atoms with Gasteiger partial charge in [-0.1, -0.05) is 32.1 Å². The Labute approximate surface area is 109 Å². The first-order valence-electron chi connectivity index (χ1n) is 6.91. The molecular weight excluding hydrogens is 232 g/mol. The Bertz CT molecular complexity index is 280. The van der Waals surface area contributed by atoms with E-state index in [1.807, 2.05) is 0 Å². The molecular formula is C14H24O4. The molecule has 1 atom stereocenters. The number of carboxylic acid groups (broad SMARTS) is 1. The molecule has 0 spiro atoms. The maximum Gasteiger partial charge on any atom is 0.309 e. The number of carbonyl (C=O) groups is 2. The summed E-state index contributed by atoms with van der Waals surface area (Å²) in [6, 6.07) is 0. The lowest BCUT2D eigenvalue weighted by atomic mass is 9.82. The number of rotatable bonds is 6. The molecule has 1 aliphatic carbocycles. The number of carbonyl (C=O) groups excluding carboxylic acids is 1. The molecule has 1 fully saturated rings. The summed E-state index contributed by atoms with van der Waals surface area (Å²) in [7, 11) is 0. The van der Waals surface area contributed by atoms with E-state index in [0.29, 0.717) is 12.3 Å². The number of hydrogen-bond acceptors (Lipinski definition) is 3. The highest BCUT2D eigenvalue weighted by Crippen LogP contribution is 2.30. The minimum atomic E-state index is -0.920. The maximum atomic E-state index is 11.9. The largest absolute Gasteiger partial charge is 0.481 e. The van der Waals surface area contributed by atoms with Gasteiger partial charge in [-0.25, -0.2) is 0 Å². The van der Waals surface area contributed by atoms with Crippen molar-refractivity contribution in [2.75, 3.05) is 0 Å². The van der Waals surface area contributed by atoms with Crippen LogP contribution in [0.3, 0.4) is 0 Å². The zero-order chi connectivity index (χ0) is 13.5. The minimum absolute atomic E-state index is 0.109. The molecule has 0 amide bonds. The average Bonchev–Trinajstić information content (AvgIpc) is 2.28. The first-order chi connectivity index (χ1) is 8.49. The predicted octanol–water partition coefficient (Wildman–Crippen LogP) is 3.00. The van der Waals surface area contributed by atoms with Gasteiger partial charge in [0.2, 0.25) is 0 Å². The molecule has 104 valence electrons. The van der Waals surface area contributed by atoms with Crippen molar-refractivity contribution in [3.05, 3.63) is 0 Å². The fraction of sp³-hybridized carbons (Fsp3) is 0.857.